The molecule has 0 atom stereocenters. The molecule has 2 aromatic carbocycles. The van der Waals surface area contributed by atoms with Crippen LogP contribution >= 0.6 is 11.6 Å². The summed E-state index contributed by atoms with van der Waals surface area (Å²) < 4.78 is 18.7. The second kappa shape index (κ2) is 6.27. The summed E-state index contributed by atoms with van der Waals surface area (Å²) in [7, 11) is 1.57. The van der Waals surface area contributed by atoms with Crippen molar-refractivity contribution in [3.05, 3.63) is 58.4 Å². The molecule has 2 aromatic rings. The van der Waals surface area contributed by atoms with E-state index in [-0.39, 0.29) is 5.56 Å². The van der Waals surface area contributed by atoms with Crippen molar-refractivity contribution in [1.82, 2.24) is 0 Å². The predicted molar refractivity (Wildman–Crippen MR) is 76.4 cm³/mol. The molecule has 0 aromatic heterocycles. The standard InChI is InChI=1S/C15H12ClFN2O/c1-20-15-4-2-3-13(16)12(15)9-19-11-6-5-10(8-18)14(17)7-11/h2-7,19H,9H2,1H3. The molecule has 1 N–H and O–H groups in total. The molecule has 0 heterocycles. The van der Waals surface area contributed by atoms with Gasteiger partial charge in [0.2, 0.25) is 0 Å². The lowest BCUT2D eigenvalue weighted by atomic mass is 10.1. The van der Waals surface area contributed by atoms with E-state index in [0.717, 1.165) is 5.56 Å². The van der Waals surface area contributed by atoms with E-state index in [1.54, 1.807) is 31.4 Å². The van der Waals surface area contributed by atoms with Crippen LogP contribution in [-0.2, 0) is 6.54 Å². The second-order valence-electron chi connectivity index (χ2n) is 4.08. The zero-order valence-electron chi connectivity index (χ0n) is 10.8. The molecule has 0 unspecified atom stereocenters. The fourth-order valence-corrected chi connectivity index (χ4v) is 2.04. The van der Waals surface area contributed by atoms with Crippen LogP contribution < -0.4 is 10.1 Å². The van der Waals surface area contributed by atoms with Gasteiger partial charge >= 0.3 is 0 Å². The maximum Gasteiger partial charge on any atom is 0.143 e. The second-order valence-corrected chi connectivity index (χ2v) is 4.49. The summed E-state index contributed by atoms with van der Waals surface area (Å²) >= 11 is 6.12. The molecule has 2 rings (SSSR count). The number of rotatable bonds is 4. The van der Waals surface area contributed by atoms with Crippen molar-refractivity contribution in [1.29, 1.82) is 5.26 Å². The van der Waals surface area contributed by atoms with Gasteiger partial charge in [-0.2, -0.15) is 5.26 Å². The van der Waals surface area contributed by atoms with Gasteiger partial charge in [-0.1, -0.05) is 17.7 Å². The fraction of sp³-hybridized carbons (Fsp3) is 0.133. The summed E-state index contributed by atoms with van der Waals surface area (Å²) in [5, 5.41) is 12.3. The molecule has 0 saturated heterocycles. The highest BCUT2D eigenvalue weighted by Gasteiger charge is 2.08. The largest absolute Gasteiger partial charge is 0.496 e. The first-order chi connectivity index (χ1) is 9.65. The van der Waals surface area contributed by atoms with E-state index in [9.17, 15) is 4.39 Å². The van der Waals surface area contributed by atoms with Crippen LogP contribution in [0.1, 0.15) is 11.1 Å². The van der Waals surface area contributed by atoms with E-state index in [1.807, 2.05) is 6.07 Å². The van der Waals surface area contributed by atoms with Crippen LogP contribution in [0.15, 0.2) is 36.4 Å². The zero-order chi connectivity index (χ0) is 14.5. The van der Waals surface area contributed by atoms with E-state index < -0.39 is 5.82 Å². The van der Waals surface area contributed by atoms with Gasteiger partial charge in [-0.15, -0.1) is 0 Å². The maximum atomic E-state index is 13.5. The zero-order valence-corrected chi connectivity index (χ0v) is 11.5. The first kappa shape index (κ1) is 14.2. The molecule has 0 spiro atoms. The van der Waals surface area contributed by atoms with Crippen molar-refractivity contribution in [2.24, 2.45) is 0 Å². The number of hydrogen-bond donors (Lipinski definition) is 1. The Morgan fingerprint density at radius 2 is 2.15 bits per heavy atom. The molecule has 0 radical (unpaired) electrons. The average molecular weight is 291 g/mol. The Kier molecular flexibility index (Phi) is 4.44. The van der Waals surface area contributed by atoms with Crippen LogP contribution in [0.3, 0.4) is 0 Å². The monoisotopic (exact) mass is 290 g/mol. The maximum absolute atomic E-state index is 13.5. The third-order valence-electron chi connectivity index (χ3n) is 2.85. The van der Waals surface area contributed by atoms with E-state index in [1.165, 1.54) is 12.1 Å². The lowest BCUT2D eigenvalue weighted by Crippen LogP contribution is -2.03. The number of ether oxygens (including phenoxy) is 1. The Morgan fingerprint density at radius 3 is 2.80 bits per heavy atom. The highest BCUT2D eigenvalue weighted by molar-refractivity contribution is 6.31. The first-order valence-corrected chi connectivity index (χ1v) is 6.28. The third kappa shape index (κ3) is 3.01. The highest BCUT2D eigenvalue weighted by atomic mass is 35.5. The van der Waals surface area contributed by atoms with Crippen molar-refractivity contribution in [3.8, 4) is 11.8 Å². The molecular formula is C15H12ClFN2O. The number of benzene rings is 2. The van der Waals surface area contributed by atoms with Crippen LogP contribution in [0.25, 0.3) is 0 Å². The van der Waals surface area contributed by atoms with Crippen molar-refractivity contribution in [3.63, 3.8) is 0 Å². The minimum Gasteiger partial charge on any atom is -0.496 e. The lowest BCUT2D eigenvalue weighted by molar-refractivity contribution is 0.410. The molecule has 0 aliphatic heterocycles. The van der Waals surface area contributed by atoms with Crippen LogP contribution in [0.5, 0.6) is 5.75 Å². The Bertz CT molecular complexity index is 667. The normalized spacial score (nSPS) is 9.90. The van der Waals surface area contributed by atoms with Gasteiger partial charge in [-0.25, -0.2) is 4.39 Å². The van der Waals surface area contributed by atoms with Crippen LogP contribution in [-0.4, -0.2) is 7.11 Å². The minimum absolute atomic E-state index is 0.0193. The van der Waals surface area contributed by atoms with E-state index in [0.29, 0.717) is 23.0 Å². The van der Waals surface area contributed by atoms with E-state index in [4.69, 9.17) is 21.6 Å². The number of halogens is 2. The lowest BCUT2D eigenvalue weighted by Gasteiger charge is -2.12. The van der Waals surface area contributed by atoms with Gasteiger partial charge in [0, 0.05) is 22.8 Å². The number of methoxy groups -OCH3 is 1. The van der Waals surface area contributed by atoms with Gasteiger partial charge in [-0.05, 0) is 30.3 Å². The van der Waals surface area contributed by atoms with Gasteiger partial charge in [0.25, 0.3) is 0 Å². The minimum atomic E-state index is -0.552. The summed E-state index contributed by atoms with van der Waals surface area (Å²) in [4.78, 5) is 0. The first-order valence-electron chi connectivity index (χ1n) is 5.90. The number of nitriles is 1. The van der Waals surface area contributed by atoms with E-state index in [2.05, 4.69) is 5.32 Å². The summed E-state index contributed by atoms with van der Waals surface area (Å²) in [6, 6.07) is 11.5. The van der Waals surface area contributed by atoms with Crippen molar-refractivity contribution < 1.29 is 9.13 Å². The Morgan fingerprint density at radius 1 is 1.35 bits per heavy atom. The number of nitrogens with one attached hydrogen (secondary N) is 1. The predicted octanol–water partition coefficient (Wildman–Crippen LogP) is 3.97. The topological polar surface area (TPSA) is 45.0 Å². The van der Waals surface area contributed by atoms with Crippen LogP contribution in [0, 0.1) is 17.1 Å². The van der Waals surface area contributed by atoms with E-state index >= 15 is 0 Å². The SMILES string of the molecule is COc1cccc(Cl)c1CNc1ccc(C#N)c(F)c1. The van der Waals surface area contributed by atoms with Crippen molar-refractivity contribution >= 4 is 17.3 Å². The molecule has 102 valence electrons. The molecular weight excluding hydrogens is 279 g/mol. The van der Waals surface area contributed by atoms with Crippen molar-refractivity contribution in [2.75, 3.05) is 12.4 Å². The number of hydrogen-bond acceptors (Lipinski definition) is 3. The average Bonchev–Trinajstić information content (AvgIpc) is 2.46. The molecule has 0 aliphatic rings. The van der Waals surface area contributed by atoms with Crippen molar-refractivity contribution in [2.45, 2.75) is 6.54 Å². The van der Waals surface area contributed by atoms with Gasteiger partial charge < -0.3 is 10.1 Å². The summed E-state index contributed by atoms with van der Waals surface area (Å²) in [6.07, 6.45) is 0. The molecule has 0 aliphatic carbocycles. The molecule has 3 nitrogen and oxygen atoms in total. The molecule has 0 saturated carbocycles. The highest BCUT2D eigenvalue weighted by Crippen LogP contribution is 2.27. The van der Waals surface area contributed by atoms with Gasteiger partial charge in [0.15, 0.2) is 0 Å². The molecule has 20 heavy (non-hydrogen) atoms. The molecule has 5 heteroatoms. The quantitative estimate of drug-likeness (QED) is 0.926. The van der Waals surface area contributed by atoms with Gasteiger partial charge in [0.1, 0.15) is 17.6 Å². The molecule has 0 bridgehead atoms. The van der Waals surface area contributed by atoms with Crippen LogP contribution in [0.2, 0.25) is 5.02 Å². The smallest absolute Gasteiger partial charge is 0.143 e. The number of anilines is 1. The third-order valence-corrected chi connectivity index (χ3v) is 3.21. The molecule has 0 amide bonds. The fourth-order valence-electron chi connectivity index (χ4n) is 1.81. The summed E-state index contributed by atoms with van der Waals surface area (Å²) in [5.74, 6) is 0.114. The number of nitrogens with zero attached hydrogens (tertiary/aromatic N) is 1. The molecule has 0 fully saturated rings. The van der Waals surface area contributed by atoms with Gasteiger partial charge in [-0.3, -0.25) is 0 Å². The Balaban J connectivity index is 2.17. The summed E-state index contributed by atoms with van der Waals surface area (Å²) in [5.41, 5.74) is 1.38. The van der Waals surface area contributed by atoms with Crippen LogP contribution in [0.4, 0.5) is 10.1 Å². The Labute approximate surface area is 121 Å². The Hall–Kier alpha value is -2.25. The van der Waals surface area contributed by atoms with Gasteiger partial charge in [0.05, 0.1) is 12.7 Å². The summed E-state index contributed by atoms with van der Waals surface area (Å²) in [6.45, 7) is 0.397.